The predicted octanol–water partition coefficient (Wildman–Crippen LogP) is 3.24. The van der Waals surface area contributed by atoms with Crippen LogP contribution >= 0.6 is 34.8 Å². The van der Waals surface area contributed by atoms with Crippen molar-refractivity contribution in [3.05, 3.63) is 21.1 Å². The summed E-state index contributed by atoms with van der Waals surface area (Å²) in [6.07, 6.45) is 0. The Balaban J connectivity index is 3.42. The summed E-state index contributed by atoms with van der Waals surface area (Å²) in [5, 5.41) is 0.940. The summed E-state index contributed by atoms with van der Waals surface area (Å²) in [4.78, 5) is 0. The zero-order chi connectivity index (χ0) is 9.30. The Morgan fingerprint density at radius 2 is 1.83 bits per heavy atom. The first kappa shape index (κ1) is 9.78. The largest absolute Gasteiger partial charge is 0.493 e. The minimum absolute atomic E-state index is 0.279. The number of nitrogens with two attached hydrogens (primary N) is 1. The van der Waals surface area contributed by atoms with E-state index in [-0.39, 0.29) is 5.02 Å². The Hall–Kier alpha value is -0.310. The first-order valence-corrected chi connectivity index (χ1v) is 4.18. The molecule has 66 valence electrons. The molecule has 1 aromatic rings. The molecule has 0 amide bonds. The smallest absolute Gasteiger partial charge is 0.163 e. The van der Waals surface area contributed by atoms with Crippen LogP contribution in [-0.4, -0.2) is 7.11 Å². The molecular formula is C7H6Cl3NO. The van der Waals surface area contributed by atoms with Gasteiger partial charge in [-0.1, -0.05) is 34.8 Å². The first-order valence-electron chi connectivity index (χ1n) is 3.05. The van der Waals surface area contributed by atoms with Crippen LogP contribution in [0, 0.1) is 0 Å². The van der Waals surface area contributed by atoms with Crippen molar-refractivity contribution in [1.82, 2.24) is 0 Å². The fourth-order valence-electron chi connectivity index (χ4n) is 0.787. The van der Waals surface area contributed by atoms with Gasteiger partial charge in [0.05, 0.1) is 22.8 Å². The van der Waals surface area contributed by atoms with Crippen molar-refractivity contribution in [3.63, 3.8) is 0 Å². The number of ether oxygens (including phenoxy) is 1. The lowest BCUT2D eigenvalue weighted by molar-refractivity contribution is 0.417. The van der Waals surface area contributed by atoms with Crippen molar-refractivity contribution < 1.29 is 4.74 Å². The van der Waals surface area contributed by atoms with E-state index in [2.05, 4.69) is 0 Å². The van der Waals surface area contributed by atoms with E-state index in [1.54, 1.807) is 0 Å². The lowest BCUT2D eigenvalue weighted by Gasteiger charge is -2.08. The van der Waals surface area contributed by atoms with Crippen LogP contribution in [0.25, 0.3) is 0 Å². The molecule has 0 saturated carbocycles. The van der Waals surface area contributed by atoms with E-state index >= 15 is 0 Å². The highest BCUT2D eigenvalue weighted by Gasteiger charge is 2.12. The Bertz CT molecular complexity index is 288. The normalized spacial score (nSPS) is 10.0. The summed E-state index contributed by atoms with van der Waals surface area (Å²) in [5.74, 6) is 0.314. The number of methoxy groups -OCH3 is 1. The summed E-state index contributed by atoms with van der Waals surface area (Å²) in [7, 11) is 1.45. The molecule has 1 aromatic carbocycles. The van der Waals surface area contributed by atoms with Crippen molar-refractivity contribution >= 4 is 40.5 Å². The van der Waals surface area contributed by atoms with E-state index in [9.17, 15) is 0 Å². The Morgan fingerprint density at radius 1 is 1.25 bits per heavy atom. The predicted molar refractivity (Wildman–Crippen MR) is 52.4 cm³/mol. The molecule has 0 aliphatic carbocycles. The zero-order valence-corrected chi connectivity index (χ0v) is 8.46. The fourth-order valence-corrected chi connectivity index (χ4v) is 1.47. The van der Waals surface area contributed by atoms with Gasteiger partial charge in [-0.3, -0.25) is 0 Å². The number of benzene rings is 1. The molecule has 0 unspecified atom stereocenters. The van der Waals surface area contributed by atoms with Crippen LogP contribution in [0.15, 0.2) is 6.07 Å². The van der Waals surface area contributed by atoms with Gasteiger partial charge in [0.15, 0.2) is 5.75 Å². The maximum Gasteiger partial charge on any atom is 0.163 e. The van der Waals surface area contributed by atoms with Crippen LogP contribution < -0.4 is 10.5 Å². The molecule has 0 radical (unpaired) electrons. The molecule has 2 N–H and O–H groups in total. The van der Waals surface area contributed by atoms with E-state index in [1.165, 1.54) is 13.2 Å². The molecule has 12 heavy (non-hydrogen) atoms. The molecule has 0 bridgehead atoms. The second-order valence-electron chi connectivity index (χ2n) is 2.10. The highest BCUT2D eigenvalue weighted by atomic mass is 35.5. The number of rotatable bonds is 1. The van der Waals surface area contributed by atoms with Crippen LogP contribution in [-0.2, 0) is 0 Å². The number of hydrogen-bond donors (Lipinski definition) is 1. The number of hydrogen-bond acceptors (Lipinski definition) is 2. The summed E-state index contributed by atoms with van der Waals surface area (Å²) in [6, 6.07) is 1.48. The summed E-state index contributed by atoms with van der Waals surface area (Å²) >= 11 is 17.2. The van der Waals surface area contributed by atoms with E-state index in [0.29, 0.717) is 21.5 Å². The van der Waals surface area contributed by atoms with E-state index < -0.39 is 0 Å². The van der Waals surface area contributed by atoms with Crippen LogP contribution in [0.2, 0.25) is 15.1 Å². The zero-order valence-electron chi connectivity index (χ0n) is 6.20. The standard InChI is InChI=1S/C7H6Cl3NO/c1-12-7-5(10)3(8)2-4(9)6(7)11/h2H,11H2,1H3. The van der Waals surface area contributed by atoms with Gasteiger partial charge in [0, 0.05) is 0 Å². The second kappa shape index (κ2) is 3.60. The van der Waals surface area contributed by atoms with Gasteiger partial charge in [-0.15, -0.1) is 0 Å². The monoisotopic (exact) mass is 225 g/mol. The number of halogens is 3. The topological polar surface area (TPSA) is 35.2 Å². The summed E-state index contributed by atoms with van der Waals surface area (Å²) < 4.78 is 4.91. The van der Waals surface area contributed by atoms with Gasteiger partial charge in [0.25, 0.3) is 0 Å². The van der Waals surface area contributed by atoms with E-state index in [0.717, 1.165) is 0 Å². The fraction of sp³-hybridized carbons (Fsp3) is 0.143. The van der Waals surface area contributed by atoms with Gasteiger partial charge < -0.3 is 10.5 Å². The highest BCUT2D eigenvalue weighted by molar-refractivity contribution is 6.45. The molecule has 0 aliphatic heterocycles. The van der Waals surface area contributed by atoms with Gasteiger partial charge in [-0.25, -0.2) is 0 Å². The molecule has 1 rings (SSSR count). The first-order chi connectivity index (χ1) is 5.57. The number of anilines is 1. The molecule has 0 saturated heterocycles. The molecule has 0 atom stereocenters. The van der Waals surface area contributed by atoms with Gasteiger partial charge in [-0.05, 0) is 6.07 Å². The molecule has 2 nitrogen and oxygen atoms in total. The van der Waals surface area contributed by atoms with Gasteiger partial charge in [0.1, 0.15) is 5.02 Å². The molecule has 0 spiro atoms. The van der Waals surface area contributed by atoms with Crippen LogP contribution in [0.5, 0.6) is 5.75 Å². The summed E-state index contributed by atoms with van der Waals surface area (Å²) in [6.45, 7) is 0. The molecular weight excluding hydrogens is 220 g/mol. The average Bonchev–Trinajstić information content (AvgIpc) is 2.02. The van der Waals surface area contributed by atoms with Crippen molar-refractivity contribution in [2.24, 2.45) is 0 Å². The minimum Gasteiger partial charge on any atom is -0.493 e. The third-order valence-electron chi connectivity index (χ3n) is 1.37. The van der Waals surface area contributed by atoms with Gasteiger partial charge in [-0.2, -0.15) is 0 Å². The molecule has 0 heterocycles. The van der Waals surface area contributed by atoms with Crippen LogP contribution in [0.1, 0.15) is 0 Å². The Kier molecular flexibility index (Phi) is 2.94. The highest BCUT2D eigenvalue weighted by Crippen LogP contribution is 2.41. The third-order valence-corrected chi connectivity index (χ3v) is 2.45. The van der Waals surface area contributed by atoms with E-state index in [1.807, 2.05) is 0 Å². The van der Waals surface area contributed by atoms with Crippen LogP contribution in [0.4, 0.5) is 5.69 Å². The third kappa shape index (κ3) is 1.56. The molecule has 0 aromatic heterocycles. The SMILES string of the molecule is COc1c(N)c(Cl)cc(Cl)c1Cl. The number of nitrogen functional groups attached to an aromatic ring is 1. The van der Waals surface area contributed by atoms with Crippen molar-refractivity contribution in [1.29, 1.82) is 0 Å². The van der Waals surface area contributed by atoms with Gasteiger partial charge in [0.2, 0.25) is 0 Å². The Morgan fingerprint density at radius 3 is 2.33 bits per heavy atom. The average molecular weight is 226 g/mol. The minimum atomic E-state index is 0.279. The van der Waals surface area contributed by atoms with Crippen molar-refractivity contribution in [2.45, 2.75) is 0 Å². The van der Waals surface area contributed by atoms with Crippen molar-refractivity contribution in [2.75, 3.05) is 12.8 Å². The lowest BCUT2D eigenvalue weighted by atomic mass is 10.3. The molecule has 0 aliphatic rings. The maximum absolute atomic E-state index is 5.78. The lowest BCUT2D eigenvalue weighted by Crippen LogP contribution is -1.94. The second-order valence-corrected chi connectivity index (χ2v) is 3.29. The van der Waals surface area contributed by atoms with Gasteiger partial charge >= 0.3 is 0 Å². The maximum atomic E-state index is 5.78. The summed E-state index contributed by atoms with van der Waals surface area (Å²) in [5.41, 5.74) is 5.86. The Labute approximate surface area is 85.2 Å². The molecule has 5 heteroatoms. The van der Waals surface area contributed by atoms with E-state index in [4.69, 9.17) is 45.3 Å². The quantitative estimate of drug-likeness (QED) is 0.589. The molecule has 0 fully saturated rings. The van der Waals surface area contributed by atoms with Crippen molar-refractivity contribution in [3.8, 4) is 5.75 Å². The van der Waals surface area contributed by atoms with Crippen LogP contribution in [0.3, 0.4) is 0 Å².